The summed E-state index contributed by atoms with van der Waals surface area (Å²) in [7, 11) is 0. The second-order valence-electron chi connectivity index (χ2n) is 3.72. The molecule has 0 saturated heterocycles. The van der Waals surface area contributed by atoms with Gasteiger partial charge in [0.1, 0.15) is 0 Å². The predicted octanol–water partition coefficient (Wildman–Crippen LogP) is 2.45. The highest BCUT2D eigenvalue weighted by molar-refractivity contribution is 7.74. The van der Waals surface area contributed by atoms with Gasteiger partial charge in [0.25, 0.3) is 0 Å². The van der Waals surface area contributed by atoms with Crippen molar-refractivity contribution in [3.63, 3.8) is 0 Å². The number of hydrogen-bond acceptors (Lipinski definition) is 3. The van der Waals surface area contributed by atoms with Crippen LogP contribution in [0.1, 0.15) is 19.8 Å². The first-order valence-electron chi connectivity index (χ1n) is 5.78. The van der Waals surface area contributed by atoms with Gasteiger partial charge in [-0.25, -0.2) is 0 Å². The van der Waals surface area contributed by atoms with Crippen LogP contribution in [0.25, 0.3) is 0 Å². The van der Waals surface area contributed by atoms with E-state index in [0.29, 0.717) is 6.54 Å². The molecule has 0 fully saturated rings. The van der Waals surface area contributed by atoms with Crippen molar-refractivity contribution in [2.24, 2.45) is 0 Å². The van der Waals surface area contributed by atoms with Crippen LogP contribution in [0.2, 0.25) is 0 Å². The first-order chi connectivity index (χ1) is 8.24. The number of benzene rings is 1. The Hall–Kier alpha value is -0.910. The maximum atomic E-state index is 10.4. The SMILES string of the molecule is CCCCN(CCOS(=O)O)c1ccccc1. The highest BCUT2D eigenvalue weighted by atomic mass is 32.2. The molecule has 0 aromatic heterocycles. The Kier molecular flexibility index (Phi) is 6.84. The molecule has 17 heavy (non-hydrogen) atoms. The second-order valence-corrected chi connectivity index (χ2v) is 4.39. The van der Waals surface area contributed by atoms with E-state index in [2.05, 4.69) is 16.0 Å². The zero-order valence-electron chi connectivity index (χ0n) is 10.0. The van der Waals surface area contributed by atoms with Crippen LogP contribution < -0.4 is 4.90 Å². The minimum Gasteiger partial charge on any atom is -0.369 e. The summed E-state index contributed by atoms with van der Waals surface area (Å²) in [6, 6.07) is 10.0. The molecule has 0 aliphatic heterocycles. The standard InChI is InChI=1S/C12H19NO3S/c1-2-3-9-13(10-11-16-17(14)15)12-7-5-4-6-8-12/h4-8H,2-3,9-11H2,1H3,(H,14,15). The lowest BCUT2D eigenvalue weighted by Crippen LogP contribution is -2.28. The van der Waals surface area contributed by atoms with E-state index < -0.39 is 11.4 Å². The van der Waals surface area contributed by atoms with Crippen molar-refractivity contribution >= 4 is 17.0 Å². The van der Waals surface area contributed by atoms with Crippen molar-refractivity contribution in [3.8, 4) is 0 Å². The number of anilines is 1. The van der Waals surface area contributed by atoms with Gasteiger partial charge in [0.05, 0.1) is 6.61 Å². The van der Waals surface area contributed by atoms with Gasteiger partial charge >= 0.3 is 11.4 Å². The fraction of sp³-hybridized carbons (Fsp3) is 0.500. The van der Waals surface area contributed by atoms with E-state index in [1.165, 1.54) is 0 Å². The van der Waals surface area contributed by atoms with Gasteiger partial charge in [-0.05, 0) is 18.6 Å². The lowest BCUT2D eigenvalue weighted by molar-refractivity contribution is 0.312. The van der Waals surface area contributed by atoms with Gasteiger partial charge in [0.2, 0.25) is 0 Å². The van der Waals surface area contributed by atoms with E-state index in [1.807, 2.05) is 30.3 Å². The molecule has 0 saturated carbocycles. The molecule has 0 heterocycles. The Labute approximate surface area is 105 Å². The number of hydrogen-bond donors (Lipinski definition) is 1. The van der Waals surface area contributed by atoms with E-state index in [4.69, 9.17) is 4.55 Å². The summed E-state index contributed by atoms with van der Waals surface area (Å²) in [5, 5.41) is 0. The van der Waals surface area contributed by atoms with Crippen LogP contribution in [0.4, 0.5) is 5.69 Å². The molecule has 0 spiro atoms. The van der Waals surface area contributed by atoms with Crippen LogP contribution in [0.5, 0.6) is 0 Å². The molecule has 5 heteroatoms. The van der Waals surface area contributed by atoms with Gasteiger partial charge in [-0.3, -0.25) is 8.74 Å². The highest BCUT2D eigenvalue weighted by Gasteiger charge is 2.06. The predicted molar refractivity (Wildman–Crippen MR) is 70.3 cm³/mol. The smallest absolute Gasteiger partial charge is 0.301 e. The summed E-state index contributed by atoms with van der Waals surface area (Å²) in [6.07, 6.45) is 2.22. The molecule has 1 N–H and O–H groups in total. The van der Waals surface area contributed by atoms with E-state index in [1.54, 1.807) is 0 Å². The minimum absolute atomic E-state index is 0.252. The van der Waals surface area contributed by atoms with Crippen LogP contribution in [0.3, 0.4) is 0 Å². The van der Waals surface area contributed by atoms with Crippen LogP contribution in [0, 0.1) is 0 Å². The lowest BCUT2D eigenvalue weighted by atomic mass is 10.2. The van der Waals surface area contributed by atoms with Gasteiger partial charge < -0.3 is 4.90 Å². The van der Waals surface area contributed by atoms with E-state index >= 15 is 0 Å². The molecule has 1 atom stereocenters. The van der Waals surface area contributed by atoms with Gasteiger partial charge in [0.15, 0.2) is 0 Å². The number of nitrogens with zero attached hydrogens (tertiary/aromatic N) is 1. The summed E-state index contributed by atoms with van der Waals surface area (Å²) in [5.41, 5.74) is 1.12. The van der Waals surface area contributed by atoms with Crippen molar-refractivity contribution < 1.29 is 12.9 Å². The molecule has 1 unspecified atom stereocenters. The summed E-state index contributed by atoms with van der Waals surface area (Å²) < 4.78 is 23.6. The Morgan fingerprint density at radius 1 is 1.29 bits per heavy atom. The molecule has 0 radical (unpaired) electrons. The van der Waals surface area contributed by atoms with Crippen LogP contribution in [-0.4, -0.2) is 28.5 Å². The van der Waals surface area contributed by atoms with Crippen molar-refractivity contribution in [1.82, 2.24) is 0 Å². The van der Waals surface area contributed by atoms with E-state index in [0.717, 1.165) is 25.1 Å². The minimum atomic E-state index is -2.17. The average Bonchev–Trinajstić information content (AvgIpc) is 2.34. The third kappa shape index (κ3) is 5.81. The van der Waals surface area contributed by atoms with Crippen molar-refractivity contribution in [2.75, 3.05) is 24.6 Å². The zero-order chi connectivity index (χ0) is 12.5. The molecular weight excluding hydrogens is 238 g/mol. The van der Waals surface area contributed by atoms with Gasteiger partial charge in [-0.1, -0.05) is 31.5 Å². The quantitative estimate of drug-likeness (QED) is 0.727. The van der Waals surface area contributed by atoms with Crippen molar-refractivity contribution in [2.45, 2.75) is 19.8 Å². The molecule has 96 valence electrons. The highest BCUT2D eigenvalue weighted by Crippen LogP contribution is 2.13. The Morgan fingerprint density at radius 2 is 2.00 bits per heavy atom. The second kappa shape index (κ2) is 8.22. The summed E-state index contributed by atoms with van der Waals surface area (Å²) in [5.74, 6) is 0. The maximum Gasteiger partial charge on any atom is 0.301 e. The normalized spacial score (nSPS) is 12.4. The molecular formula is C12H19NO3S. The molecule has 4 nitrogen and oxygen atoms in total. The third-order valence-corrected chi connectivity index (χ3v) is 2.82. The average molecular weight is 257 g/mol. The third-order valence-electron chi connectivity index (χ3n) is 2.45. The molecule has 0 aliphatic carbocycles. The summed E-state index contributed by atoms with van der Waals surface area (Å²) in [6.45, 7) is 3.95. The molecule has 0 amide bonds. The van der Waals surface area contributed by atoms with E-state index in [9.17, 15) is 4.21 Å². The van der Waals surface area contributed by atoms with Crippen molar-refractivity contribution in [1.29, 1.82) is 0 Å². The Balaban J connectivity index is 2.51. The molecule has 1 aromatic carbocycles. The molecule has 0 aliphatic rings. The first-order valence-corrected chi connectivity index (χ1v) is 6.81. The zero-order valence-corrected chi connectivity index (χ0v) is 10.9. The monoisotopic (exact) mass is 257 g/mol. The number of para-hydroxylation sites is 1. The van der Waals surface area contributed by atoms with Crippen molar-refractivity contribution in [3.05, 3.63) is 30.3 Å². The summed E-state index contributed by atoms with van der Waals surface area (Å²) in [4.78, 5) is 2.16. The molecule has 1 rings (SSSR count). The van der Waals surface area contributed by atoms with Gasteiger partial charge in [-0.2, -0.15) is 4.21 Å². The largest absolute Gasteiger partial charge is 0.369 e. The topological polar surface area (TPSA) is 49.8 Å². The molecule has 0 bridgehead atoms. The first kappa shape index (κ1) is 14.2. The fourth-order valence-corrected chi connectivity index (χ4v) is 1.79. The lowest BCUT2D eigenvalue weighted by Gasteiger charge is -2.24. The summed E-state index contributed by atoms with van der Waals surface area (Å²) >= 11 is -2.17. The number of rotatable bonds is 8. The Bertz CT molecular complexity index is 332. The fourth-order valence-electron chi connectivity index (χ4n) is 1.58. The van der Waals surface area contributed by atoms with Crippen LogP contribution >= 0.6 is 0 Å². The van der Waals surface area contributed by atoms with Gasteiger partial charge in [-0.15, -0.1) is 0 Å². The Morgan fingerprint density at radius 3 is 2.59 bits per heavy atom. The van der Waals surface area contributed by atoms with Crippen LogP contribution in [0.15, 0.2) is 30.3 Å². The van der Waals surface area contributed by atoms with E-state index in [-0.39, 0.29) is 6.61 Å². The maximum absolute atomic E-state index is 10.4. The molecule has 1 aromatic rings. The van der Waals surface area contributed by atoms with Crippen LogP contribution in [-0.2, 0) is 15.5 Å². The number of unbranched alkanes of at least 4 members (excludes halogenated alkanes) is 1. The van der Waals surface area contributed by atoms with Gasteiger partial charge in [0, 0.05) is 18.8 Å².